The normalized spacial score (nSPS) is 21.1. The van der Waals surface area contributed by atoms with Gasteiger partial charge in [-0.2, -0.15) is 13.1 Å². The molecule has 0 spiro atoms. The molecular weight excluding hydrogens is 397 g/mol. The van der Waals surface area contributed by atoms with E-state index in [-0.39, 0.29) is 30.0 Å². The number of carbonyl (C=O) groups excluding carboxylic acids is 1. The Balaban J connectivity index is 1.93. The highest BCUT2D eigenvalue weighted by atomic mass is 32.2. The maximum absolute atomic E-state index is 13.8. The molecule has 1 amide bonds. The van der Waals surface area contributed by atoms with E-state index < -0.39 is 40.2 Å². The molecule has 2 unspecified atom stereocenters. The minimum absolute atomic E-state index is 0.00326. The van der Waals surface area contributed by atoms with Gasteiger partial charge in [0.2, 0.25) is 5.91 Å². The topological polar surface area (TPSA) is 119 Å². The smallest absolute Gasteiger partial charge is 0.274 e. The summed E-state index contributed by atoms with van der Waals surface area (Å²) in [6.07, 6.45) is 2.49. The van der Waals surface area contributed by atoms with Crippen molar-refractivity contribution in [3.05, 3.63) is 35.1 Å². The molecule has 158 valence electrons. The summed E-state index contributed by atoms with van der Waals surface area (Å²) in [5.41, 5.74) is 6.02. The summed E-state index contributed by atoms with van der Waals surface area (Å²) < 4.78 is 64.0. The highest BCUT2D eigenvalue weighted by molar-refractivity contribution is 7.87. The second-order valence-corrected chi connectivity index (χ2v) is 8.53. The van der Waals surface area contributed by atoms with Crippen molar-refractivity contribution >= 4 is 16.1 Å². The van der Waals surface area contributed by atoms with E-state index in [1.165, 1.54) is 0 Å². The fourth-order valence-corrected chi connectivity index (χ4v) is 3.89. The molecule has 1 aromatic rings. The molecule has 1 aliphatic heterocycles. The van der Waals surface area contributed by atoms with Crippen LogP contribution >= 0.6 is 0 Å². The van der Waals surface area contributed by atoms with Crippen molar-refractivity contribution in [2.24, 2.45) is 10.9 Å². The van der Waals surface area contributed by atoms with Gasteiger partial charge in [0.15, 0.2) is 11.6 Å². The van der Waals surface area contributed by atoms with Crippen LogP contribution in [0.4, 0.5) is 13.2 Å². The Morgan fingerprint density at radius 1 is 1.25 bits per heavy atom. The third-order valence-corrected chi connectivity index (χ3v) is 5.49. The van der Waals surface area contributed by atoms with Gasteiger partial charge in [0.25, 0.3) is 10.2 Å². The average molecular weight is 422 g/mol. The molecule has 2 rings (SSSR count). The lowest BCUT2D eigenvalue weighted by Gasteiger charge is -2.29. The predicted octanol–water partition coefficient (Wildman–Crippen LogP) is 0.927. The Morgan fingerprint density at radius 2 is 1.89 bits per heavy atom. The first-order chi connectivity index (χ1) is 13.0. The Hall–Kier alpha value is -1.69. The lowest BCUT2D eigenvalue weighted by atomic mass is 9.98. The number of halogens is 3. The molecule has 5 N–H and O–H groups in total. The molecule has 1 heterocycles. The second-order valence-electron chi connectivity index (χ2n) is 7.15. The maximum atomic E-state index is 13.8. The fourth-order valence-electron chi connectivity index (χ4n) is 3.57. The van der Waals surface area contributed by atoms with Crippen molar-refractivity contribution < 1.29 is 26.4 Å². The number of carbonyl (C=O) groups is 1. The molecule has 3 atom stereocenters. The number of likely N-dealkylation sites (tertiary alicyclic amines) is 1. The molecular formula is C17H25F3N4O3S. The lowest BCUT2D eigenvalue weighted by molar-refractivity contribution is -0.132. The number of amides is 1. The zero-order valence-corrected chi connectivity index (χ0v) is 16.3. The van der Waals surface area contributed by atoms with Gasteiger partial charge in [0.1, 0.15) is 5.82 Å². The van der Waals surface area contributed by atoms with E-state index >= 15 is 0 Å². The first-order valence-electron chi connectivity index (χ1n) is 8.95. The molecule has 1 saturated heterocycles. The van der Waals surface area contributed by atoms with E-state index in [0.29, 0.717) is 18.9 Å². The van der Waals surface area contributed by atoms with Gasteiger partial charge < -0.3 is 10.6 Å². The van der Waals surface area contributed by atoms with Crippen LogP contribution in [0.15, 0.2) is 12.1 Å². The number of nitrogens with two attached hydrogens (primary N) is 2. The molecule has 0 aromatic heterocycles. The summed E-state index contributed by atoms with van der Waals surface area (Å²) in [7, 11) is -3.97. The van der Waals surface area contributed by atoms with E-state index in [9.17, 15) is 26.4 Å². The Morgan fingerprint density at radius 3 is 2.54 bits per heavy atom. The van der Waals surface area contributed by atoms with E-state index in [1.807, 2.05) is 11.6 Å². The quantitative estimate of drug-likeness (QED) is 0.540. The van der Waals surface area contributed by atoms with Crippen molar-refractivity contribution in [1.82, 2.24) is 9.62 Å². The van der Waals surface area contributed by atoms with Gasteiger partial charge in [-0.1, -0.05) is 0 Å². The van der Waals surface area contributed by atoms with Crippen LogP contribution in [0, 0.1) is 17.5 Å². The van der Waals surface area contributed by atoms with Crippen LogP contribution in [-0.4, -0.2) is 43.9 Å². The van der Waals surface area contributed by atoms with Gasteiger partial charge in [-0.25, -0.2) is 18.3 Å². The Labute approximate surface area is 162 Å². The molecule has 0 radical (unpaired) electrons. The minimum atomic E-state index is -3.97. The van der Waals surface area contributed by atoms with Gasteiger partial charge >= 0.3 is 0 Å². The standard InChI is InChI=1S/C17H25F3N4O3S/c1-10-2-4-13(24(10)17(25)9-23-28(22,26)27)5-3-12(21)6-11-7-15(19)16(20)8-14(11)18/h7-8,10,12-13,23H,2-6,9,21H2,1H3,(H2,22,26,27)/t10?,12-,13?/m0/s1. The van der Waals surface area contributed by atoms with Crippen LogP contribution in [-0.2, 0) is 21.4 Å². The lowest BCUT2D eigenvalue weighted by Crippen LogP contribution is -2.47. The van der Waals surface area contributed by atoms with Crippen molar-refractivity contribution in [2.75, 3.05) is 6.54 Å². The van der Waals surface area contributed by atoms with Crippen LogP contribution in [0.25, 0.3) is 0 Å². The Kier molecular flexibility index (Phi) is 7.43. The van der Waals surface area contributed by atoms with Crippen LogP contribution in [0.5, 0.6) is 0 Å². The third kappa shape index (κ3) is 6.16. The molecule has 1 fully saturated rings. The summed E-state index contributed by atoms with van der Waals surface area (Å²) in [6, 6.07) is 0.603. The fraction of sp³-hybridized carbons (Fsp3) is 0.588. The molecule has 28 heavy (non-hydrogen) atoms. The van der Waals surface area contributed by atoms with E-state index in [0.717, 1.165) is 18.9 Å². The van der Waals surface area contributed by atoms with Crippen LogP contribution in [0.2, 0.25) is 0 Å². The molecule has 0 aliphatic carbocycles. The minimum Gasteiger partial charge on any atom is -0.336 e. The molecule has 1 aromatic carbocycles. The predicted molar refractivity (Wildman–Crippen MR) is 97.7 cm³/mol. The van der Waals surface area contributed by atoms with Crippen molar-refractivity contribution in [3.8, 4) is 0 Å². The number of nitrogens with zero attached hydrogens (tertiary/aromatic N) is 1. The SMILES string of the molecule is CC1CCC(CC[C@H](N)Cc2cc(F)c(F)cc2F)N1C(=O)CNS(N)(=O)=O. The summed E-state index contributed by atoms with van der Waals surface area (Å²) >= 11 is 0. The van der Waals surface area contributed by atoms with E-state index in [4.69, 9.17) is 10.9 Å². The molecule has 0 saturated carbocycles. The van der Waals surface area contributed by atoms with Crippen LogP contribution < -0.4 is 15.6 Å². The van der Waals surface area contributed by atoms with Gasteiger partial charge in [-0.15, -0.1) is 0 Å². The average Bonchev–Trinajstić information content (AvgIpc) is 2.96. The number of rotatable bonds is 8. The zero-order valence-electron chi connectivity index (χ0n) is 15.5. The number of benzene rings is 1. The van der Waals surface area contributed by atoms with Gasteiger partial charge in [-0.3, -0.25) is 4.79 Å². The molecule has 1 aliphatic rings. The van der Waals surface area contributed by atoms with Gasteiger partial charge in [0.05, 0.1) is 6.54 Å². The summed E-state index contributed by atoms with van der Waals surface area (Å²) in [5, 5.41) is 4.85. The molecule has 0 bridgehead atoms. The molecule has 11 heteroatoms. The number of hydrogen-bond donors (Lipinski definition) is 3. The monoisotopic (exact) mass is 422 g/mol. The Bertz CT molecular complexity index is 822. The summed E-state index contributed by atoms with van der Waals surface area (Å²) in [6.45, 7) is 1.44. The highest BCUT2D eigenvalue weighted by Gasteiger charge is 2.34. The van der Waals surface area contributed by atoms with E-state index in [2.05, 4.69) is 0 Å². The largest absolute Gasteiger partial charge is 0.336 e. The summed E-state index contributed by atoms with van der Waals surface area (Å²) in [5.74, 6) is -3.62. The summed E-state index contributed by atoms with van der Waals surface area (Å²) in [4.78, 5) is 14.0. The van der Waals surface area contributed by atoms with Crippen molar-refractivity contribution in [2.45, 2.75) is 57.2 Å². The van der Waals surface area contributed by atoms with Gasteiger partial charge in [0, 0.05) is 24.2 Å². The van der Waals surface area contributed by atoms with Crippen molar-refractivity contribution in [1.29, 1.82) is 0 Å². The first kappa shape index (κ1) is 22.6. The zero-order chi connectivity index (χ0) is 21.1. The first-order valence-corrected chi connectivity index (χ1v) is 10.5. The number of nitrogens with one attached hydrogen (secondary N) is 1. The van der Waals surface area contributed by atoms with Gasteiger partial charge in [-0.05, 0) is 50.7 Å². The third-order valence-electron chi connectivity index (χ3n) is 4.94. The highest BCUT2D eigenvalue weighted by Crippen LogP contribution is 2.28. The van der Waals surface area contributed by atoms with Crippen molar-refractivity contribution in [3.63, 3.8) is 0 Å². The second kappa shape index (κ2) is 9.21. The maximum Gasteiger partial charge on any atom is 0.274 e. The van der Waals surface area contributed by atoms with Crippen LogP contribution in [0.1, 0.15) is 38.2 Å². The van der Waals surface area contributed by atoms with E-state index in [1.54, 1.807) is 4.90 Å². The van der Waals surface area contributed by atoms with Crippen LogP contribution in [0.3, 0.4) is 0 Å². The molecule has 7 nitrogen and oxygen atoms in total. The number of hydrogen-bond acceptors (Lipinski definition) is 4.